The highest BCUT2D eigenvalue weighted by Crippen LogP contribution is 2.22. The summed E-state index contributed by atoms with van der Waals surface area (Å²) in [6, 6.07) is 6.63. The number of halogens is 1. The Morgan fingerprint density at radius 2 is 2.29 bits per heavy atom. The molecule has 108 valence electrons. The Balaban J connectivity index is 2.29. The highest BCUT2D eigenvalue weighted by atomic mass is 35.5. The Bertz CT molecular complexity index is 745. The number of benzene rings is 1. The fraction of sp³-hybridized carbons (Fsp3) is 0.214. The van der Waals surface area contributed by atoms with Gasteiger partial charge in [-0.3, -0.25) is 9.48 Å². The van der Waals surface area contributed by atoms with E-state index in [1.165, 1.54) is 10.7 Å². The molecule has 1 aromatic carbocycles. The number of nitrogens with zero attached hydrogens (tertiary/aromatic N) is 3. The first-order valence-corrected chi connectivity index (χ1v) is 6.68. The number of carbonyl (C=O) groups is 1. The van der Waals surface area contributed by atoms with Gasteiger partial charge in [0.1, 0.15) is 11.8 Å². The number of carbonyl (C=O) groups excluding carboxylic acids is 1. The van der Waals surface area contributed by atoms with Crippen molar-refractivity contribution < 1.29 is 4.79 Å². The summed E-state index contributed by atoms with van der Waals surface area (Å²) < 4.78 is 1.45. The molecule has 0 unspecified atom stereocenters. The molecule has 3 N–H and O–H groups in total. The highest BCUT2D eigenvalue weighted by Gasteiger charge is 2.19. The number of aromatic nitrogens is 2. The predicted molar refractivity (Wildman–Crippen MR) is 81.1 cm³/mol. The normalized spacial score (nSPS) is 10.2. The van der Waals surface area contributed by atoms with Crippen LogP contribution in [0.5, 0.6) is 0 Å². The number of anilines is 2. The number of rotatable bonds is 3. The Kier molecular flexibility index (Phi) is 4.15. The van der Waals surface area contributed by atoms with Gasteiger partial charge in [-0.2, -0.15) is 10.4 Å². The average Bonchev–Trinajstić information content (AvgIpc) is 2.73. The minimum Gasteiger partial charge on any atom is -0.395 e. The summed E-state index contributed by atoms with van der Waals surface area (Å²) in [5.41, 5.74) is 8.12. The summed E-state index contributed by atoms with van der Waals surface area (Å²) in [7, 11) is 1.66. The number of hydrogen-bond acceptors (Lipinski definition) is 4. The molecule has 2 aromatic rings. The van der Waals surface area contributed by atoms with Gasteiger partial charge in [0.15, 0.2) is 0 Å². The van der Waals surface area contributed by atoms with E-state index in [0.717, 1.165) is 0 Å². The first-order chi connectivity index (χ1) is 9.97. The number of nitriles is 1. The van der Waals surface area contributed by atoms with E-state index in [2.05, 4.69) is 10.4 Å². The SMILES string of the molecule is CCc1nn(C)c(C(=O)Nc2ccc(C#N)c(Cl)c2)c1N. The number of hydrogen-bond donors (Lipinski definition) is 2. The van der Waals surface area contributed by atoms with Crippen molar-refractivity contribution >= 4 is 28.9 Å². The van der Waals surface area contributed by atoms with Crippen LogP contribution in [-0.4, -0.2) is 15.7 Å². The first-order valence-electron chi connectivity index (χ1n) is 6.30. The molecular formula is C14H14ClN5O. The summed E-state index contributed by atoms with van der Waals surface area (Å²) in [5.74, 6) is -0.372. The zero-order valence-corrected chi connectivity index (χ0v) is 12.4. The zero-order chi connectivity index (χ0) is 15.6. The summed E-state index contributed by atoms with van der Waals surface area (Å²) in [6.07, 6.45) is 0.648. The molecule has 0 atom stereocenters. The second-order valence-corrected chi connectivity index (χ2v) is 4.85. The zero-order valence-electron chi connectivity index (χ0n) is 11.6. The quantitative estimate of drug-likeness (QED) is 0.909. The van der Waals surface area contributed by atoms with Gasteiger partial charge in [0.2, 0.25) is 0 Å². The standard InChI is InChI=1S/C14H14ClN5O/c1-3-11-12(17)13(20(2)19-11)14(21)18-9-5-4-8(7-16)10(15)6-9/h4-6H,3,17H2,1-2H3,(H,18,21). The Morgan fingerprint density at radius 3 is 2.81 bits per heavy atom. The van der Waals surface area contributed by atoms with Gasteiger partial charge in [0, 0.05) is 12.7 Å². The van der Waals surface area contributed by atoms with E-state index < -0.39 is 0 Å². The molecule has 7 heteroatoms. The van der Waals surface area contributed by atoms with Gasteiger partial charge in [-0.1, -0.05) is 18.5 Å². The fourth-order valence-corrected chi connectivity index (χ4v) is 2.22. The largest absolute Gasteiger partial charge is 0.395 e. The summed E-state index contributed by atoms with van der Waals surface area (Å²) in [5, 5.41) is 16.0. The van der Waals surface area contributed by atoms with Gasteiger partial charge < -0.3 is 11.1 Å². The number of nitrogens with two attached hydrogens (primary N) is 1. The van der Waals surface area contributed by atoms with E-state index >= 15 is 0 Å². The lowest BCUT2D eigenvalue weighted by Gasteiger charge is -2.07. The van der Waals surface area contributed by atoms with Gasteiger partial charge in [0.25, 0.3) is 5.91 Å². The molecule has 0 saturated heterocycles. The lowest BCUT2D eigenvalue weighted by Crippen LogP contribution is -2.17. The van der Waals surface area contributed by atoms with Gasteiger partial charge in [0.05, 0.1) is 22.0 Å². The summed E-state index contributed by atoms with van der Waals surface area (Å²) in [4.78, 5) is 12.3. The number of nitrogens with one attached hydrogen (secondary N) is 1. The molecule has 0 aliphatic rings. The molecule has 1 amide bonds. The summed E-state index contributed by atoms with van der Waals surface area (Å²) in [6.45, 7) is 1.92. The first kappa shape index (κ1) is 14.9. The van der Waals surface area contributed by atoms with E-state index in [9.17, 15) is 4.79 Å². The van der Waals surface area contributed by atoms with Crippen LogP contribution >= 0.6 is 11.6 Å². The predicted octanol–water partition coefficient (Wildman–Crippen LogP) is 2.34. The monoisotopic (exact) mass is 303 g/mol. The van der Waals surface area contributed by atoms with Crippen molar-refractivity contribution in [2.75, 3.05) is 11.1 Å². The van der Waals surface area contributed by atoms with Gasteiger partial charge in [-0.15, -0.1) is 0 Å². The molecule has 0 bridgehead atoms. The second-order valence-electron chi connectivity index (χ2n) is 4.45. The third kappa shape index (κ3) is 2.83. The Morgan fingerprint density at radius 1 is 1.57 bits per heavy atom. The Labute approximate surface area is 127 Å². The lowest BCUT2D eigenvalue weighted by atomic mass is 10.2. The van der Waals surface area contributed by atoms with E-state index in [0.29, 0.717) is 34.7 Å². The molecule has 0 radical (unpaired) electrons. The van der Waals surface area contributed by atoms with Crippen LogP contribution in [0.3, 0.4) is 0 Å². The maximum absolute atomic E-state index is 12.3. The van der Waals surface area contributed by atoms with Gasteiger partial charge in [-0.05, 0) is 24.6 Å². The van der Waals surface area contributed by atoms with Crippen molar-refractivity contribution in [3.05, 3.63) is 40.2 Å². The molecule has 0 aliphatic carbocycles. The van der Waals surface area contributed by atoms with Crippen molar-refractivity contribution in [2.24, 2.45) is 7.05 Å². The van der Waals surface area contributed by atoms with Crippen LogP contribution < -0.4 is 11.1 Å². The van der Waals surface area contributed by atoms with Crippen molar-refractivity contribution in [2.45, 2.75) is 13.3 Å². The lowest BCUT2D eigenvalue weighted by molar-refractivity contribution is 0.101. The van der Waals surface area contributed by atoms with E-state index in [4.69, 9.17) is 22.6 Å². The molecule has 0 spiro atoms. The maximum atomic E-state index is 12.3. The molecule has 0 fully saturated rings. The molecule has 0 saturated carbocycles. The number of nitrogen functional groups attached to an aromatic ring is 1. The van der Waals surface area contributed by atoms with Crippen molar-refractivity contribution in [1.82, 2.24) is 9.78 Å². The van der Waals surface area contributed by atoms with Crippen LogP contribution in [0.1, 0.15) is 28.7 Å². The van der Waals surface area contributed by atoms with Crippen LogP contribution in [0.15, 0.2) is 18.2 Å². The minimum absolute atomic E-state index is 0.280. The van der Waals surface area contributed by atoms with Crippen LogP contribution in [0.25, 0.3) is 0 Å². The van der Waals surface area contributed by atoms with E-state index in [1.807, 2.05) is 13.0 Å². The summed E-state index contributed by atoms with van der Waals surface area (Å²) >= 11 is 5.93. The molecular weight excluding hydrogens is 290 g/mol. The molecule has 21 heavy (non-hydrogen) atoms. The van der Waals surface area contributed by atoms with Crippen LogP contribution in [-0.2, 0) is 13.5 Å². The topological polar surface area (TPSA) is 96.7 Å². The van der Waals surface area contributed by atoms with Crippen LogP contribution in [0, 0.1) is 11.3 Å². The van der Waals surface area contributed by atoms with Crippen molar-refractivity contribution in [3.8, 4) is 6.07 Å². The number of aryl methyl sites for hydroxylation is 2. The third-order valence-corrected chi connectivity index (χ3v) is 3.37. The van der Waals surface area contributed by atoms with E-state index in [1.54, 1.807) is 19.2 Å². The maximum Gasteiger partial charge on any atom is 0.276 e. The minimum atomic E-state index is -0.372. The third-order valence-electron chi connectivity index (χ3n) is 3.06. The molecule has 0 aliphatic heterocycles. The van der Waals surface area contributed by atoms with Gasteiger partial charge >= 0.3 is 0 Å². The number of amides is 1. The average molecular weight is 304 g/mol. The molecule has 2 rings (SSSR count). The van der Waals surface area contributed by atoms with Crippen LogP contribution in [0.2, 0.25) is 5.02 Å². The van der Waals surface area contributed by atoms with Crippen molar-refractivity contribution in [1.29, 1.82) is 5.26 Å². The highest BCUT2D eigenvalue weighted by molar-refractivity contribution is 6.32. The second kappa shape index (κ2) is 5.85. The van der Waals surface area contributed by atoms with Gasteiger partial charge in [-0.25, -0.2) is 0 Å². The molecule has 1 heterocycles. The molecule has 1 aromatic heterocycles. The van der Waals surface area contributed by atoms with E-state index in [-0.39, 0.29) is 10.9 Å². The van der Waals surface area contributed by atoms with Crippen molar-refractivity contribution in [3.63, 3.8) is 0 Å². The smallest absolute Gasteiger partial charge is 0.276 e. The molecule has 6 nitrogen and oxygen atoms in total. The van der Waals surface area contributed by atoms with Crippen LogP contribution in [0.4, 0.5) is 11.4 Å². The Hall–Kier alpha value is -2.52. The fourth-order valence-electron chi connectivity index (χ4n) is 2.00.